The lowest BCUT2D eigenvalue weighted by Crippen LogP contribution is -2.26. The van der Waals surface area contributed by atoms with E-state index in [2.05, 4.69) is 17.2 Å². The molecule has 1 amide bonds. The topological polar surface area (TPSA) is 62.0 Å². The Balaban J connectivity index is 2.56. The second-order valence-electron chi connectivity index (χ2n) is 3.88. The first kappa shape index (κ1) is 12.5. The van der Waals surface area contributed by atoms with Gasteiger partial charge >= 0.3 is 0 Å². The Hall–Kier alpha value is -1.58. The summed E-state index contributed by atoms with van der Waals surface area (Å²) in [5.41, 5.74) is 0.891. The summed E-state index contributed by atoms with van der Waals surface area (Å²) in [4.78, 5) is 25.4. The van der Waals surface area contributed by atoms with E-state index in [1.807, 2.05) is 0 Å². The minimum atomic E-state index is -0.237. The van der Waals surface area contributed by atoms with Crippen molar-refractivity contribution >= 4 is 5.91 Å². The molecule has 0 radical (unpaired) electrons. The van der Waals surface area contributed by atoms with E-state index in [0.29, 0.717) is 17.8 Å². The molecule has 0 saturated carbocycles. The molecule has 0 unspecified atom stereocenters. The van der Waals surface area contributed by atoms with Gasteiger partial charge in [0.1, 0.15) is 0 Å². The van der Waals surface area contributed by atoms with E-state index < -0.39 is 0 Å². The number of unbranched alkanes of at least 4 members (excludes halogenated alkanes) is 2. The maximum atomic E-state index is 11.6. The minimum Gasteiger partial charge on any atom is -0.352 e. The zero-order valence-electron chi connectivity index (χ0n) is 9.80. The van der Waals surface area contributed by atoms with Gasteiger partial charge in [-0.3, -0.25) is 9.59 Å². The number of pyridine rings is 1. The van der Waals surface area contributed by atoms with E-state index in [4.69, 9.17) is 0 Å². The van der Waals surface area contributed by atoms with Gasteiger partial charge in [-0.05, 0) is 19.4 Å². The molecule has 88 valence electrons. The Morgan fingerprint density at radius 1 is 1.38 bits per heavy atom. The average molecular weight is 222 g/mol. The van der Waals surface area contributed by atoms with Crippen LogP contribution in [0.25, 0.3) is 0 Å². The van der Waals surface area contributed by atoms with E-state index in [1.165, 1.54) is 6.07 Å². The van der Waals surface area contributed by atoms with Gasteiger partial charge in [0.15, 0.2) is 0 Å². The number of rotatable bonds is 5. The van der Waals surface area contributed by atoms with E-state index in [-0.39, 0.29) is 11.5 Å². The number of amides is 1. The third-order valence-electron chi connectivity index (χ3n) is 2.31. The Morgan fingerprint density at radius 3 is 2.75 bits per heavy atom. The van der Waals surface area contributed by atoms with Crippen LogP contribution in [-0.2, 0) is 0 Å². The van der Waals surface area contributed by atoms with Crippen LogP contribution < -0.4 is 10.9 Å². The summed E-state index contributed by atoms with van der Waals surface area (Å²) in [6.45, 7) is 4.54. The van der Waals surface area contributed by atoms with Gasteiger partial charge in [0, 0.05) is 23.9 Å². The SMILES string of the molecule is CCCCCNC(=O)c1cc(C)[nH]c(=O)c1. The second kappa shape index (κ2) is 6.10. The van der Waals surface area contributed by atoms with Crippen LogP contribution in [0.1, 0.15) is 42.2 Å². The normalized spacial score (nSPS) is 10.1. The van der Waals surface area contributed by atoms with Crippen LogP contribution in [0.3, 0.4) is 0 Å². The van der Waals surface area contributed by atoms with E-state index in [9.17, 15) is 9.59 Å². The highest BCUT2D eigenvalue weighted by atomic mass is 16.2. The summed E-state index contributed by atoms with van der Waals surface area (Å²) >= 11 is 0. The fourth-order valence-corrected chi connectivity index (χ4v) is 1.49. The first-order valence-corrected chi connectivity index (χ1v) is 5.62. The van der Waals surface area contributed by atoms with Crippen molar-refractivity contribution in [3.8, 4) is 0 Å². The zero-order chi connectivity index (χ0) is 12.0. The first-order chi connectivity index (χ1) is 7.63. The Bertz CT molecular complexity index is 410. The predicted molar refractivity (Wildman–Crippen MR) is 63.7 cm³/mol. The third kappa shape index (κ3) is 3.88. The van der Waals surface area contributed by atoms with Gasteiger partial charge in [0.25, 0.3) is 5.91 Å². The molecule has 0 aliphatic heterocycles. The van der Waals surface area contributed by atoms with Crippen LogP contribution in [0.2, 0.25) is 0 Å². The van der Waals surface area contributed by atoms with Crippen molar-refractivity contribution in [1.82, 2.24) is 10.3 Å². The number of carbonyl (C=O) groups is 1. The molecule has 1 aromatic rings. The number of aromatic amines is 1. The predicted octanol–water partition coefficient (Wildman–Crippen LogP) is 1.60. The van der Waals surface area contributed by atoms with Crippen LogP contribution in [0.5, 0.6) is 0 Å². The molecule has 0 bridgehead atoms. The standard InChI is InChI=1S/C12H18N2O2/c1-3-4-5-6-13-12(16)10-7-9(2)14-11(15)8-10/h7-8H,3-6H2,1-2H3,(H,13,16)(H,14,15). The summed E-state index contributed by atoms with van der Waals surface area (Å²) in [6, 6.07) is 3.00. The Morgan fingerprint density at radius 2 is 2.12 bits per heavy atom. The molecular formula is C12H18N2O2. The maximum Gasteiger partial charge on any atom is 0.251 e. The summed E-state index contributed by atoms with van der Waals surface area (Å²) < 4.78 is 0. The third-order valence-corrected chi connectivity index (χ3v) is 2.31. The highest BCUT2D eigenvalue weighted by Crippen LogP contribution is 1.98. The van der Waals surface area contributed by atoms with Gasteiger partial charge < -0.3 is 10.3 Å². The van der Waals surface area contributed by atoms with Gasteiger partial charge in [0.05, 0.1) is 0 Å². The number of hydrogen-bond acceptors (Lipinski definition) is 2. The largest absolute Gasteiger partial charge is 0.352 e. The lowest BCUT2D eigenvalue weighted by molar-refractivity contribution is 0.0952. The molecule has 0 fully saturated rings. The lowest BCUT2D eigenvalue weighted by Gasteiger charge is -2.04. The van der Waals surface area contributed by atoms with Crippen molar-refractivity contribution in [3.63, 3.8) is 0 Å². The molecule has 0 spiro atoms. The minimum absolute atomic E-state index is 0.176. The number of nitrogens with one attached hydrogen (secondary N) is 2. The fraction of sp³-hybridized carbons (Fsp3) is 0.500. The van der Waals surface area contributed by atoms with E-state index in [1.54, 1.807) is 13.0 Å². The number of aromatic nitrogens is 1. The summed E-state index contributed by atoms with van der Waals surface area (Å²) in [7, 11) is 0. The summed E-state index contributed by atoms with van der Waals surface area (Å²) in [6.07, 6.45) is 3.21. The van der Waals surface area contributed by atoms with Crippen LogP contribution in [-0.4, -0.2) is 17.4 Å². The van der Waals surface area contributed by atoms with Crippen LogP contribution in [0.4, 0.5) is 0 Å². The summed E-state index contributed by atoms with van der Waals surface area (Å²) in [5, 5.41) is 2.80. The molecule has 16 heavy (non-hydrogen) atoms. The molecule has 0 aliphatic carbocycles. The molecule has 4 nitrogen and oxygen atoms in total. The van der Waals surface area contributed by atoms with Gasteiger partial charge in [-0.25, -0.2) is 0 Å². The van der Waals surface area contributed by atoms with Gasteiger partial charge in [-0.15, -0.1) is 0 Å². The zero-order valence-corrected chi connectivity index (χ0v) is 9.80. The number of aryl methyl sites for hydroxylation is 1. The van der Waals surface area contributed by atoms with Crippen LogP contribution >= 0.6 is 0 Å². The number of H-pyrrole nitrogens is 1. The molecule has 1 heterocycles. The van der Waals surface area contributed by atoms with Crippen LogP contribution in [0, 0.1) is 6.92 Å². The molecule has 0 atom stereocenters. The van der Waals surface area contributed by atoms with Crippen molar-refractivity contribution in [2.75, 3.05) is 6.54 Å². The quantitative estimate of drug-likeness (QED) is 0.743. The maximum absolute atomic E-state index is 11.6. The van der Waals surface area contributed by atoms with Crippen LogP contribution in [0.15, 0.2) is 16.9 Å². The molecule has 0 saturated heterocycles. The summed E-state index contributed by atoms with van der Waals surface area (Å²) in [5.74, 6) is -0.176. The average Bonchev–Trinajstić information content (AvgIpc) is 2.22. The molecule has 1 rings (SSSR count). The van der Waals surface area contributed by atoms with Gasteiger partial charge in [0.2, 0.25) is 5.56 Å². The molecular weight excluding hydrogens is 204 g/mol. The Kier molecular flexibility index (Phi) is 4.76. The smallest absolute Gasteiger partial charge is 0.251 e. The van der Waals surface area contributed by atoms with E-state index in [0.717, 1.165) is 19.3 Å². The monoisotopic (exact) mass is 222 g/mol. The van der Waals surface area contributed by atoms with Crippen molar-refractivity contribution in [2.45, 2.75) is 33.1 Å². The van der Waals surface area contributed by atoms with Crippen molar-refractivity contribution in [2.24, 2.45) is 0 Å². The highest BCUT2D eigenvalue weighted by molar-refractivity contribution is 5.94. The van der Waals surface area contributed by atoms with Gasteiger partial charge in [-0.1, -0.05) is 19.8 Å². The molecule has 2 N–H and O–H groups in total. The molecule has 4 heteroatoms. The van der Waals surface area contributed by atoms with E-state index >= 15 is 0 Å². The first-order valence-electron chi connectivity index (χ1n) is 5.62. The molecule has 0 aliphatic rings. The number of hydrogen-bond donors (Lipinski definition) is 2. The number of carbonyl (C=O) groups excluding carboxylic acids is 1. The van der Waals surface area contributed by atoms with Crippen molar-refractivity contribution in [1.29, 1.82) is 0 Å². The molecule has 0 aromatic carbocycles. The van der Waals surface area contributed by atoms with Gasteiger partial charge in [-0.2, -0.15) is 0 Å². The Labute approximate surface area is 95.1 Å². The van der Waals surface area contributed by atoms with Crippen molar-refractivity contribution in [3.05, 3.63) is 33.7 Å². The molecule has 1 aromatic heterocycles. The van der Waals surface area contributed by atoms with Crippen molar-refractivity contribution < 1.29 is 4.79 Å². The second-order valence-corrected chi connectivity index (χ2v) is 3.88. The fourth-order valence-electron chi connectivity index (χ4n) is 1.49. The lowest BCUT2D eigenvalue weighted by atomic mass is 10.2. The highest BCUT2D eigenvalue weighted by Gasteiger charge is 2.05.